The van der Waals surface area contributed by atoms with Crippen molar-refractivity contribution in [1.82, 2.24) is 19.9 Å². The van der Waals surface area contributed by atoms with Crippen molar-refractivity contribution in [2.24, 2.45) is 0 Å². The first kappa shape index (κ1) is 13.7. The van der Waals surface area contributed by atoms with Crippen LogP contribution < -0.4 is 10.2 Å². The Kier molecular flexibility index (Phi) is 3.38. The number of aromatic nitrogens is 4. The Labute approximate surface area is 132 Å². The number of carbonyl (C=O) groups is 1. The Morgan fingerprint density at radius 3 is 2.83 bits per heavy atom. The lowest BCUT2D eigenvalue weighted by Gasteiger charge is -2.16. The summed E-state index contributed by atoms with van der Waals surface area (Å²) in [5.41, 5.74) is 2.02. The number of amides is 1. The lowest BCUT2D eigenvalue weighted by molar-refractivity contribution is 0.102. The van der Waals surface area contributed by atoms with Crippen LogP contribution in [0.2, 0.25) is 0 Å². The first-order valence-electron chi connectivity index (χ1n) is 7.63. The summed E-state index contributed by atoms with van der Waals surface area (Å²) in [6, 6.07) is 9.34. The van der Waals surface area contributed by atoms with Crippen LogP contribution >= 0.6 is 0 Å². The third-order valence-corrected chi connectivity index (χ3v) is 3.94. The maximum atomic E-state index is 12.4. The molecule has 4 rings (SSSR count). The number of anilines is 2. The minimum Gasteiger partial charge on any atom is -0.357 e. The van der Waals surface area contributed by atoms with Gasteiger partial charge in [-0.25, -0.2) is 15.0 Å². The molecule has 7 heteroatoms. The van der Waals surface area contributed by atoms with E-state index in [1.807, 2.05) is 24.3 Å². The summed E-state index contributed by atoms with van der Waals surface area (Å²) in [7, 11) is 0. The fraction of sp³-hybridized carbons (Fsp3) is 0.250. The van der Waals surface area contributed by atoms with Crippen LogP contribution in [0.25, 0.3) is 11.0 Å². The van der Waals surface area contributed by atoms with Gasteiger partial charge in [0.05, 0.1) is 11.0 Å². The van der Waals surface area contributed by atoms with Gasteiger partial charge in [-0.3, -0.25) is 10.1 Å². The smallest absolute Gasteiger partial charge is 0.276 e. The lowest BCUT2D eigenvalue weighted by atomic mass is 10.3. The number of nitrogens with zero attached hydrogens (tertiary/aromatic N) is 4. The van der Waals surface area contributed by atoms with E-state index in [2.05, 4.69) is 30.2 Å². The van der Waals surface area contributed by atoms with Gasteiger partial charge in [-0.2, -0.15) is 0 Å². The van der Waals surface area contributed by atoms with Crippen LogP contribution in [0, 0.1) is 0 Å². The van der Waals surface area contributed by atoms with Crippen molar-refractivity contribution in [3.05, 3.63) is 42.4 Å². The van der Waals surface area contributed by atoms with Crippen molar-refractivity contribution >= 4 is 28.7 Å². The molecule has 3 aromatic rings. The van der Waals surface area contributed by atoms with Crippen molar-refractivity contribution < 1.29 is 4.79 Å². The molecular formula is C16H16N6O. The van der Waals surface area contributed by atoms with Crippen LogP contribution in [-0.4, -0.2) is 38.9 Å². The molecule has 1 aliphatic heterocycles. The molecule has 0 spiro atoms. The molecule has 0 unspecified atom stereocenters. The highest BCUT2D eigenvalue weighted by atomic mass is 16.2. The second-order valence-corrected chi connectivity index (χ2v) is 5.51. The van der Waals surface area contributed by atoms with E-state index in [9.17, 15) is 4.79 Å². The number of rotatable bonds is 3. The number of hydrogen-bond donors (Lipinski definition) is 2. The molecule has 1 fully saturated rings. The normalized spacial score (nSPS) is 14.3. The van der Waals surface area contributed by atoms with Crippen LogP contribution in [0.5, 0.6) is 0 Å². The molecule has 23 heavy (non-hydrogen) atoms. The fourth-order valence-corrected chi connectivity index (χ4v) is 2.77. The highest BCUT2D eigenvalue weighted by Gasteiger charge is 2.17. The van der Waals surface area contributed by atoms with Crippen LogP contribution in [0.3, 0.4) is 0 Å². The average Bonchev–Trinajstić information content (AvgIpc) is 3.24. The molecule has 116 valence electrons. The molecule has 1 saturated heterocycles. The Morgan fingerprint density at radius 1 is 1.17 bits per heavy atom. The molecule has 1 aromatic carbocycles. The van der Waals surface area contributed by atoms with Crippen molar-refractivity contribution in [1.29, 1.82) is 0 Å². The summed E-state index contributed by atoms with van der Waals surface area (Å²) in [6.07, 6.45) is 3.75. The standard InChI is InChI=1S/C16H16N6O/c23-15(21-16-19-11-5-1-2-6-12(11)20-16)13-9-14(18-10-17-13)22-7-3-4-8-22/h1-2,5-6,9-10H,3-4,7-8H2,(H2,19,20,21,23). The Hall–Kier alpha value is -2.96. The van der Waals surface area contributed by atoms with Gasteiger partial charge < -0.3 is 9.88 Å². The third kappa shape index (κ3) is 2.73. The number of benzene rings is 1. The summed E-state index contributed by atoms with van der Waals surface area (Å²) >= 11 is 0. The average molecular weight is 308 g/mol. The van der Waals surface area contributed by atoms with E-state index in [1.165, 1.54) is 6.33 Å². The van der Waals surface area contributed by atoms with Crippen LogP contribution in [0.4, 0.5) is 11.8 Å². The highest BCUT2D eigenvalue weighted by molar-refractivity contribution is 6.02. The van der Waals surface area contributed by atoms with Gasteiger partial charge in [-0.1, -0.05) is 12.1 Å². The van der Waals surface area contributed by atoms with Gasteiger partial charge in [-0.15, -0.1) is 0 Å². The second-order valence-electron chi connectivity index (χ2n) is 5.51. The Balaban J connectivity index is 1.55. The van der Waals surface area contributed by atoms with Gasteiger partial charge in [0.25, 0.3) is 5.91 Å². The molecule has 1 aliphatic rings. The summed E-state index contributed by atoms with van der Waals surface area (Å²) in [4.78, 5) is 30.3. The number of H-pyrrole nitrogens is 1. The predicted molar refractivity (Wildman–Crippen MR) is 87.5 cm³/mol. The Morgan fingerprint density at radius 2 is 2.00 bits per heavy atom. The number of aromatic amines is 1. The third-order valence-electron chi connectivity index (χ3n) is 3.94. The summed E-state index contributed by atoms with van der Waals surface area (Å²) in [6.45, 7) is 1.95. The SMILES string of the molecule is O=C(Nc1nc2ccccc2[nH]1)c1cc(N2CCCC2)ncn1. The highest BCUT2D eigenvalue weighted by Crippen LogP contribution is 2.18. The summed E-state index contributed by atoms with van der Waals surface area (Å²) in [5, 5.41) is 2.75. The molecule has 0 aliphatic carbocycles. The zero-order chi connectivity index (χ0) is 15.6. The van der Waals surface area contributed by atoms with Crippen molar-refractivity contribution in [3.8, 4) is 0 Å². The summed E-state index contributed by atoms with van der Waals surface area (Å²) in [5.74, 6) is 0.914. The van der Waals surface area contributed by atoms with Gasteiger partial charge in [0.2, 0.25) is 5.95 Å². The molecule has 7 nitrogen and oxygen atoms in total. The van der Waals surface area contributed by atoms with E-state index in [1.54, 1.807) is 6.07 Å². The molecule has 1 amide bonds. The van der Waals surface area contributed by atoms with Crippen LogP contribution in [0.1, 0.15) is 23.3 Å². The van der Waals surface area contributed by atoms with Crippen molar-refractivity contribution in [2.75, 3.05) is 23.3 Å². The van der Waals surface area contributed by atoms with Gasteiger partial charge in [0.15, 0.2) is 0 Å². The predicted octanol–water partition coefficient (Wildman–Crippen LogP) is 2.21. The lowest BCUT2D eigenvalue weighted by Crippen LogP contribution is -2.21. The van der Waals surface area contributed by atoms with E-state index in [0.717, 1.165) is 42.8 Å². The maximum absolute atomic E-state index is 12.4. The molecule has 0 bridgehead atoms. The monoisotopic (exact) mass is 308 g/mol. The molecule has 3 heterocycles. The molecule has 0 radical (unpaired) electrons. The van der Waals surface area contributed by atoms with E-state index in [4.69, 9.17) is 0 Å². The first-order chi connectivity index (χ1) is 11.3. The minimum atomic E-state index is -0.299. The van der Waals surface area contributed by atoms with E-state index >= 15 is 0 Å². The second kappa shape index (κ2) is 5.68. The maximum Gasteiger partial charge on any atom is 0.276 e. The van der Waals surface area contributed by atoms with Crippen LogP contribution in [0.15, 0.2) is 36.7 Å². The van der Waals surface area contributed by atoms with Crippen molar-refractivity contribution in [3.63, 3.8) is 0 Å². The topological polar surface area (TPSA) is 86.8 Å². The zero-order valence-electron chi connectivity index (χ0n) is 12.5. The molecule has 2 N–H and O–H groups in total. The molecular weight excluding hydrogens is 292 g/mol. The van der Waals surface area contributed by atoms with Gasteiger partial charge >= 0.3 is 0 Å². The summed E-state index contributed by atoms with van der Waals surface area (Å²) < 4.78 is 0. The van der Waals surface area contributed by atoms with E-state index < -0.39 is 0 Å². The van der Waals surface area contributed by atoms with E-state index in [-0.39, 0.29) is 5.91 Å². The number of para-hydroxylation sites is 2. The molecule has 0 atom stereocenters. The number of carbonyl (C=O) groups excluding carboxylic acids is 1. The van der Waals surface area contributed by atoms with Gasteiger partial charge in [0, 0.05) is 19.2 Å². The first-order valence-corrected chi connectivity index (χ1v) is 7.63. The number of hydrogen-bond acceptors (Lipinski definition) is 5. The quantitative estimate of drug-likeness (QED) is 0.774. The van der Waals surface area contributed by atoms with Gasteiger partial charge in [-0.05, 0) is 25.0 Å². The molecule has 0 saturated carbocycles. The van der Waals surface area contributed by atoms with Crippen LogP contribution in [-0.2, 0) is 0 Å². The largest absolute Gasteiger partial charge is 0.357 e. The number of fused-ring (bicyclic) bond motifs is 1. The zero-order valence-corrected chi connectivity index (χ0v) is 12.5. The van der Waals surface area contributed by atoms with Gasteiger partial charge in [0.1, 0.15) is 17.8 Å². The molecule has 2 aromatic heterocycles. The number of nitrogens with one attached hydrogen (secondary N) is 2. The van der Waals surface area contributed by atoms with E-state index in [0.29, 0.717) is 11.6 Å². The van der Waals surface area contributed by atoms with Crippen molar-refractivity contribution in [2.45, 2.75) is 12.8 Å². The fourth-order valence-electron chi connectivity index (χ4n) is 2.77. The number of imidazole rings is 1. The Bertz CT molecular complexity index is 819. The minimum absolute atomic E-state index is 0.299.